The second kappa shape index (κ2) is 16.6. The first kappa shape index (κ1) is 34.2. The Hall–Kier alpha value is -3.10. The number of carbonyl (C=O) groups excluding carboxylic acids is 1. The minimum atomic E-state index is 0.0291. The largest absolute Gasteiger partial charge is 0.287 e. The summed E-state index contributed by atoms with van der Waals surface area (Å²) in [6.07, 6.45) is 18.3. The summed E-state index contributed by atoms with van der Waals surface area (Å²) in [5.74, 6) is 0. The molecule has 5 rings (SSSR count). The maximum absolute atomic E-state index is 11.7. The third-order valence-corrected chi connectivity index (χ3v) is 10.9. The molecule has 0 aromatic heterocycles. The topological polar surface area (TPSA) is 17.1 Å². The van der Waals surface area contributed by atoms with E-state index in [0.29, 0.717) is 0 Å². The second-order valence-corrected chi connectivity index (χ2v) is 14.9. The molecule has 0 fully saturated rings. The van der Waals surface area contributed by atoms with Crippen LogP contribution in [-0.2, 0) is 10.2 Å². The van der Waals surface area contributed by atoms with E-state index in [4.69, 9.17) is 0 Å². The molecule has 4 aromatic carbocycles. The molecule has 1 aliphatic carbocycles. The number of fused-ring (bicyclic) bond motifs is 3. The number of hydrogen-bond acceptors (Lipinski definition) is 2. The molecule has 0 aliphatic heterocycles. The van der Waals surface area contributed by atoms with Crippen molar-refractivity contribution in [3.63, 3.8) is 0 Å². The molecule has 0 N–H and O–H groups in total. The van der Waals surface area contributed by atoms with E-state index in [0.717, 1.165) is 4.90 Å². The van der Waals surface area contributed by atoms with Crippen LogP contribution < -0.4 is 0 Å². The Bertz CT molecular complexity index is 1550. The molecule has 0 saturated carbocycles. The maximum atomic E-state index is 11.7. The molecule has 0 saturated heterocycles. The van der Waals surface area contributed by atoms with Gasteiger partial charge in [-0.25, -0.2) is 0 Å². The number of aryl methyl sites for hydroxylation is 1. The Morgan fingerprint density at radius 1 is 0.543 bits per heavy atom. The predicted molar refractivity (Wildman–Crippen MR) is 201 cm³/mol. The fourth-order valence-corrected chi connectivity index (χ4v) is 8.16. The summed E-state index contributed by atoms with van der Waals surface area (Å²) in [7, 11) is 0. The summed E-state index contributed by atoms with van der Waals surface area (Å²) in [6, 6.07) is 32.2. The van der Waals surface area contributed by atoms with Gasteiger partial charge in [0.15, 0.2) is 5.12 Å². The quantitative estimate of drug-likeness (QED) is 0.0853. The zero-order valence-electron chi connectivity index (χ0n) is 28.8. The number of carbonyl (C=O) groups is 1. The lowest BCUT2D eigenvalue weighted by atomic mass is 9.70. The van der Waals surface area contributed by atoms with E-state index in [1.54, 1.807) is 12.5 Å². The Balaban J connectivity index is 1.56. The molecule has 46 heavy (non-hydrogen) atoms. The summed E-state index contributed by atoms with van der Waals surface area (Å²) in [4.78, 5) is 12.7. The number of rotatable bonds is 17. The summed E-state index contributed by atoms with van der Waals surface area (Å²) >= 11 is 1.31. The van der Waals surface area contributed by atoms with E-state index in [2.05, 4.69) is 106 Å². The van der Waals surface area contributed by atoms with Crippen LogP contribution in [0.1, 0.15) is 127 Å². The Kier molecular flexibility index (Phi) is 12.4. The first-order valence-electron chi connectivity index (χ1n) is 18.1. The van der Waals surface area contributed by atoms with Crippen LogP contribution in [0, 0.1) is 6.92 Å². The molecular formula is C44H54OS. The molecule has 4 aromatic rings. The minimum absolute atomic E-state index is 0.0291. The summed E-state index contributed by atoms with van der Waals surface area (Å²) in [6.45, 7) is 8.41. The monoisotopic (exact) mass is 630 g/mol. The van der Waals surface area contributed by atoms with Crippen molar-refractivity contribution < 1.29 is 4.79 Å². The SMILES string of the molecule is CCCCCCCCC1(CCCCCCCC)c2cc(-c3ccc(C)cc3)ccc2-c2ccc(-c3ccc(SC(C)=O)cc3)cc21. The van der Waals surface area contributed by atoms with Gasteiger partial charge in [-0.3, -0.25) is 4.79 Å². The average molecular weight is 631 g/mol. The van der Waals surface area contributed by atoms with Gasteiger partial charge in [0.1, 0.15) is 0 Å². The Morgan fingerprint density at radius 2 is 0.957 bits per heavy atom. The third-order valence-electron chi connectivity index (χ3n) is 10.1. The van der Waals surface area contributed by atoms with Gasteiger partial charge in [-0.2, -0.15) is 0 Å². The van der Waals surface area contributed by atoms with Gasteiger partial charge in [-0.05, 0) is 88.5 Å². The van der Waals surface area contributed by atoms with Gasteiger partial charge >= 0.3 is 0 Å². The zero-order chi connectivity index (χ0) is 32.4. The highest BCUT2D eigenvalue weighted by Gasteiger charge is 2.42. The molecule has 0 atom stereocenters. The number of unbranched alkanes of at least 4 members (excludes halogenated alkanes) is 10. The lowest BCUT2D eigenvalue weighted by molar-refractivity contribution is -0.109. The first-order valence-corrected chi connectivity index (χ1v) is 18.9. The summed E-state index contributed by atoms with van der Waals surface area (Å²) < 4.78 is 0. The van der Waals surface area contributed by atoms with Crippen LogP contribution in [0.5, 0.6) is 0 Å². The van der Waals surface area contributed by atoms with Gasteiger partial charge in [0, 0.05) is 17.2 Å². The first-order chi connectivity index (χ1) is 22.4. The van der Waals surface area contributed by atoms with Crippen molar-refractivity contribution in [3.05, 3.63) is 102 Å². The zero-order valence-corrected chi connectivity index (χ0v) is 29.6. The molecule has 0 amide bonds. The summed E-state index contributed by atoms with van der Waals surface area (Å²) in [5.41, 5.74) is 12.4. The van der Waals surface area contributed by atoms with Crippen molar-refractivity contribution in [2.24, 2.45) is 0 Å². The van der Waals surface area contributed by atoms with Crippen LogP contribution in [0.4, 0.5) is 0 Å². The number of hydrogen-bond donors (Lipinski definition) is 0. The van der Waals surface area contributed by atoms with Gasteiger partial charge in [0.2, 0.25) is 0 Å². The van der Waals surface area contributed by atoms with Crippen molar-refractivity contribution in [3.8, 4) is 33.4 Å². The fourth-order valence-electron chi connectivity index (χ4n) is 7.56. The lowest BCUT2D eigenvalue weighted by Gasteiger charge is -2.33. The molecule has 1 nitrogen and oxygen atoms in total. The molecule has 0 bridgehead atoms. The van der Waals surface area contributed by atoms with Crippen LogP contribution in [0.2, 0.25) is 0 Å². The smallest absolute Gasteiger partial charge is 0.190 e. The normalized spacial score (nSPS) is 13.0. The van der Waals surface area contributed by atoms with E-state index >= 15 is 0 Å². The molecule has 0 radical (unpaired) electrons. The van der Waals surface area contributed by atoms with Crippen LogP contribution in [0.15, 0.2) is 89.8 Å². The summed E-state index contributed by atoms with van der Waals surface area (Å²) in [5, 5.41) is 0.127. The van der Waals surface area contributed by atoms with Gasteiger partial charge in [-0.15, -0.1) is 0 Å². The Labute approximate surface area is 283 Å². The highest BCUT2D eigenvalue weighted by Crippen LogP contribution is 2.55. The predicted octanol–water partition coefficient (Wildman–Crippen LogP) is 13.7. The molecule has 1 aliphatic rings. The van der Waals surface area contributed by atoms with Gasteiger partial charge < -0.3 is 0 Å². The van der Waals surface area contributed by atoms with Crippen LogP contribution >= 0.6 is 11.8 Å². The van der Waals surface area contributed by atoms with E-state index in [9.17, 15) is 4.79 Å². The molecule has 0 spiro atoms. The van der Waals surface area contributed by atoms with Crippen molar-refractivity contribution in [1.82, 2.24) is 0 Å². The van der Waals surface area contributed by atoms with Crippen molar-refractivity contribution in [1.29, 1.82) is 0 Å². The van der Waals surface area contributed by atoms with Crippen molar-refractivity contribution in [2.45, 2.75) is 128 Å². The standard InChI is InChI=1S/C44H54OS/c1-5-7-9-11-13-15-29-44(30-16-14-12-10-8-6-2)42-31-37(35-19-17-33(3)18-20-35)23-27-40(42)41-28-24-38(32-43(41)44)36-21-25-39(26-22-36)46-34(4)45/h17-28,31-32H,5-16,29-30H2,1-4H3. The molecule has 242 valence electrons. The van der Waals surface area contributed by atoms with E-state index in [1.165, 1.54) is 146 Å². The van der Waals surface area contributed by atoms with Crippen molar-refractivity contribution >= 4 is 16.9 Å². The van der Waals surface area contributed by atoms with Crippen LogP contribution in [0.3, 0.4) is 0 Å². The molecular weight excluding hydrogens is 577 g/mol. The molecule has 0 unspecified atom stereocenters. The van der Waals surface area contributed by atoms with Gasteiger partial charge in [0.05, 0.1) is 0 Å². The highest BCUT2D eigenvalue weighted by atomic mass is 32.2. The van der Waals surface area contributed by atoms with E-state index < -0.39 is 0 Å². The van der Waals surface area contributed by atoms with Crippen molar-refractivity contribution in [2.75, 3.05) is 0 Å². The van der Waals surface area contributed by atoms with Gasteiger partial charge in [0.25, 0.3) is 0 Å². The number of thioether (sulfide) groups is 1. The van der Waals surface area contributed by atoms with Crippen LogP contribution in [0.25, 0.3) is 33.4 Å². The van der Waals surface area contributed by atoms with Crippen LogP contribution in [-0.4, -0.2) is 5.12 Å². The minimum Gasteiger partial charge on any atom is -0.287 e. The second-order valence-electron chi connectivity index (χ2n) is 13.6. The highest BCUT2D eigenvalue weighted by molar-refractivity contribution is 8.13. The fraction of sp³-hybridized carbons (Fsp3) is 0.432. The number of benzene rings is 4. The molecule has 2 heteroatoms. The van der Waals surface area contributed by atoms with Gasteiger partial charge in [-0.1, -0.05) is 169 Å². The van der Waals surface area contributed by atoms with E-state index in [-0.39, 0.29) is 10.5 Å². The Morgan fingerprint density at radius 3 is 1.41 bits per heavy atom. The average Bonchev–Trinajstić information content (AvgIpc) is 3.33. The molecule has 0 heterocycles. The maximum Gasteiger partial charge on any atom is 0.190 e. The third kappa shape index (κ3) is 8.24. The lowest BCUT2D eigenvalue weighted by Crippen LogP contribution is -2.25. The van der Waals surface area contributed by atoms with E-state index in [1.807, 2.05) is 0 Å².